The number of aromatic nitrogens is 3. The van der Waals surface area contributed by atoms with Gasteiger partial charge in [-0.05, 0) is 30.5 Å². The van der Waals surface area contributed by atoms with Crippen molar-refractivity contribution in [3.8, 4) is 5.75 Å². The largest absolute Gasteiger partial charge is 0.494 e. The molecular weight excluding hydrogens is 294 g/mol. The summed E-state index contributed by atoms with van der Waals surface area (Å²) >= 11 is 0. The van der Waals surface area contributed by atoms with Crippen LogP contribution in [0.5, 0.6) is 5.75 Å². The zero-order valence-electron chi connectivity index (χ0n) is 13.7. The Morgan fingerprint density at radius 3 is 2.61 bits per heavy atom. The number of aromatic carboxylic acids is 1. The summed E-state index contributed by atoms with van der Waals surface area (Å²) < 4.78 is 7.38. The van der Waals surface area contributed by atoms with E-state index in [4.69, 9.17) is 9.84 Å². The summed E-state index contributed by atoms with van der Waals surface area (Å²) in [5.74, 6) is -0.173. The van der Waals surface area contributed by atoms with E-state index >= 15 is 0 Å². The van der Waals surface area contributed by atoms with Gasteiger partial charge in [-0.25, -0.2) is 9.48 Å². The van der Waals surface area contributed by atoms with Crippen LogP contribution in [0.1, 0.15) is 48.4 Å². The van der Waals surface area contributed by atoms with Gasteiger partial charge in [-0.1, -0.05) is 37.6 Å². The Morgan fingerprint density at radius 1 is 1.26 bits per heavy atom. The standard InChI is InChI=1S/C17H23N3O3/c1-3-6-15-16(17(21)22)18-19-20(15)11-5-12-23-14-9-7-13(4-2)8-10-14/h7-10H,3-6,11-12H2,1-2H3,(H,21,22). The van der Waals surface area contributed by atoms with Crippen LogP contribution in [0.2, 0.25) is 0 Å². The summed E-state index contributed by atoms with van der Waals surface area (Å²) in [7, 11) is 0. The van der Waals surface area contributed by atoms with Crippen molar-refractivity contribution in [2.24, 2.45) is 0 Å². The smallest absolute Gasteiger partial charge is 0.358 e. The van der Waals surface area contributed by atoms with Crippen molar-refractivity contribution in [2.45, 2.75) is 46.1 Å². The fourth-order valence-electron chi connectivity index (χ4n) is 2.39. The van der Waals surface area contributed by atoms with Gasteiger partial charge in [0.1, 0.15) is 5.75 Å². The van der Waals surface area contributed by atoms with E-state index in [1.54, 1.807) is 4.68 Å². The summed E-state index contributed by atoms with van der Waals surface area (Å²) in [6.07, 6.45) is 3.27. The third kappa shape index (κ3) is 4.55. The van der Waals surface area contributed by atoms with E-state index in [1.807, 2.05) is 19.1 Å². The maximum absolute atomic E-state index is 11.1. The average Bonchev–Trinajstić information content (AvgIpc) is 2.95. The highest BCUT2D eigenvalue weighted by atomic mass is 16.5. The summed E-state index contributed by atoms with van der Waals surface area (Å²) in [5, 5.41) is 16.8. The molecule has 0 fully saturated rings. The van der Waals surface area contributed by atoms with Crippen molar-refractivity contribution in [1.29, 1.82) is 0 Å². The molecule has 0 radical (unpaired) electrons. The summed E-state index contributed by atoms with van der Waals surface area (Å²) in [5.41, 5.74) is 2.03. The van der Waals surface area contributed by atoms with E-state index < -0.39 is 5.97 Å². The van der Waals surface area contributed by atoms with Gasteiger partial charge in [0, 0.05) is 13.0 Å². The van der Waals surface area contributed by atoms with Crippen molar-refractivity contribution in [2.75, 3.05) is 6.61 Å². The minimum atomic E-state index is -1.02. The Labute approximate surface area is 136 Å². The van der Waals surface area contributed by atoms with Crippen molar-refractivity contribution >= 4 is 5.97 Å². The molecule has 1 aromatic carbocycles. The Kier molecular flexibility index (Phi) is 6.14. The third-order valence-electron chi connectivity index (χ3n) is 3.64. The lowest BCUT2D eigenvalue weighted by atomic mass is 10.2. The summed E-state index contributed by atoms with van der Waals surface area (Å²) in [6, 6.07) is 8.06. The molecule has 0 aliphatic rings. The van der Waals surface area contributed by atoms with E-state index in [0.717, 1.165) is 25.0 Å². The first kappa shape index (κ1) is 17.0. The molecule has 0 bridgehead atoms. The molecule has 1 N–H and O–H groups in total. The van der Waals surface area contributed by atoms with E-state index in [-0.39, 0.29) is 5.69 Å². The second kappa shape index (κ2) is 8.31. The Hall–Kier alpha value is -2.37. The third-order valence-corrected chi connectivity index (χ3v) is 3.64. The van der Waals surface area contributed by atoms with E-state index in [1.165, 1.54) is 5.56 Å². The van der Waals surface area contributed by atoms with Gasteiger partial charge in [0.2, 0.25) is 0 Å². The highest BCUT2D eigenvalue weighted by Crippen LogP contribution is 2.13. The van der Waals surface area contributed by atoms with E-state index in [9.17, 15) is 4.79 Å². The number of hydrogen-bond acceptors (Lipinski definition) is 4. The number of ether oxygens (including phenoxy) is 1. The molecule has 2 rings (SSSR count). The first-order chi connectivity index (χ1) is 11.2. The molecule has 0 atom stereocenters. The van der Waals surface area contributed by atoms with Crippen molar-refractivity contribution < 1.29 is 14.6 Å². The fraction of sp³-hybridized carbons (Fsp3) is 0.471. The van der Waals surface area contributed by atoms with Gasteiger partial charge in [-0.15, -0.1) is 5.10 Å². The fourth-order valence-corrected chi connectivity index (χ4v) is 2.39. The predicted octanol–water partition coefficient (Wildman–Crippen LogP) is 2.96. The molecule has 23 heavy (non-hydrogen) atoms. The molecule has 6 nitrogen and oxygen atoms in total. The lowest BCUT2D eigenvalue weighted by Crippen LogP contribution is -2.11. The molecule has 0 saturated heterocycles. The molecule has 6 heteroatoms. The molecular formula is C17H23N3O3. The Bertz CT molecular complexity index is 635. The number of benzene rings is 1. The normalized spacial score (nSPS) is 10.7. The average molecular weight is 317 g/mol. The number of carboxylic acids is 1. The second-order valence-electron chi connectivity index (χ2n) is 5.36. The Balaban J connectivity index is 1.87. The molecule has 0 aliphatic heterocycles. The molecule has 0 saturated carbocycles. The van der Waals surface area contributed by atoms with E-state index in [0.29, 0.717) is 25.3 Å². The molecule has 0 unspecified atom stereocenters. The molecule has 0 spiro atoms. The lowest BCUT2D eigenvalue weighted by Gasteiger charge is -2.08. The zero-order chi connectivity index (χ0) is 16.7. The van der Waals surface area contributed by atoms with Crippen molar-refractivity contribution in [1.82, 2.24) is 15.0 Å². The van der Waals surface area contributed by atoms with Gasteiger partial charge in [0.05, 0.1) is 12.3 Å². The van der Waals surface area contributed by atoms with Crippen LogP contribution in [0.15, 0.2) is 24.3 Å². The minimum Gasteiger partial charge on any atom is -0.494 e. The van der Waals surface area contributed by atoms with Crippen LogP contribution in [0.25, 0.3) is 0 Å². The quantitative estimate of drug-likeness (QED) is 0.719. The SMILES string of the molecule is CCCc1c(C(=O)O)nnn1CCCOc1ccc(CC)cc1. The van der Waals surface area contributed by atoms with Gasteiger partial charge in [0.15, 0.2) is 5.69 Å². The lowest BCUT2D eigenvalue weighted by molar-refractivity contribution is 0.0689. The minimum absolute atomic E-state index is 0.0583. The van der Waals surface area contributed by atoms with Crippen LogP contribution >= 0.6 is 0 Å². The number of carbonyl (C=O) groups is 1. The highest BCUT2D eigenvalue weighted by molar-refractivity contribution is 5.86. The van der Waals surface area contributed by atoms with Crippen molar-refractivity contribution in [3.05, 3.63) is 41.2 Å². The van der Waals surface area contributed by atoms with Crippen molar-refractivity contribution in [3.63, 3.8) is 0 Å². The zero-order valence-corrected chi connectivity index (χ0v) is 13.7. The monoisotopic (exact) mass is 317 g/mol. The first-order valence-corrected chi connectivity index (χ1v) is 8.03. The highest BCUT2D eigenvalue weighted by Gasteiger charge is 2.17. The van der Waals surface area contributed by atoms with Gasteiger partial charge >= 0.3 is 5.97 Å². The van der Waals surface area contributed by atoms with Crippen LogP contribution in [0.4, 0.5) is 0 Å². The van der Waals surface area contributed by atoms with Crippen LogP contribution in [-0.2, 0) is 19.4 Å². The maximum atomic E-state index is 11.1. The van der Waals surface area contributed by atoms with Gasteiger partial charge in [-0.2, -0.15) is 0 Å². The van der Waals surface area contributed by atoms with E-state index in [2.05, 4.69) is 29.4 Å². The molecule has 0 aliphatic carbocycles. The maximum Gasteiger partial charge on any atom is 0.358 e. The van der Waals surface area contributed by atoms with Crippen LogP contribution < -0.4 is 4.74 Å². The number of nitrogens with zero attached hydrogens (tertiary/aromatic N) is 3. The predicted molar refractivity (Wildman–Crippen MR) is 86.9 cm³/mol. The summed E-state index contributed by atoms with van der Waals surface area (Å²) in [6.45, 7) is 5.28. The molecule has 1 heterocycles. The van der Waals surface area contributed by atoms with Crippen LogP contribution in [0, 0.1) is 0 Å². The molecule has 1 aromatic heterocycles. The van der Waals surface area contributed by atoms with Gasteiger partial charge in [-0.3, -0.25) is 0 Å². The second-order valence-corrected chi connectivity index (χ2v) is 5.36. The van der Waals surface area contributed by atoms with Gasteiger partial charge in [0.25, 0.3) is 0 Å². The molecule has 124 valence electrons. The number of hydrogen-bond donors (Lipinski definition) is 1. The topological polar surface area (TPSA) is 77.2 Å². The van der Waals surface area contributed by atoms with Crippen LogP contribution in [-0.4, -0.2) is 32.7 Å². The Morgan fingerprint density at radius 2 is 2.00 bits per heavy atom. The molecule has 0 amide bonds. The first-order valence-electron chi connectivity index (χ1n) is 8.03. The molecule has 2 aromatic rings. The number of aryl methyl sites for hydroxylation is 2. The van der Waals surface area contributed by atoms with Gasteiger partial charge < -0.3 is 9.84 Å². The number of rotatable bonds is 9. The summed E-state index contributed by atoms with van der Waals surface area (Å²) in [4.78, 5) is 11.1. The van der Waals surface area contributed by atoms with Crippen LogP contribution in [0.3, 0.4) is 0 Å². The number of carboxylic acid groups (broad SMARTS) is 1.